The molecule has 0 unspecified atom stereocenters. The minimum absolute atomic E-state index is 0.235. The van der Waals surface area contributed by atoms with Crippen molar-refractivity contribution in [3.05, 3.63) is 78.0 Å². The SMILES string of the molecule is CCOC(=O)c1ccc(-c2ccc(C=CC(=O)c3ccco3)o2)cc1. The molecule has 0 amide bonds. The molecule has 0 fully saturated rings. The first-order valence-corrected chi connectivity index (χ1v) is 7.80. The van der Waals surface area contributed by atoms with Crippen molar-refractivity contribution in [2.75, 3.05) is 6.61 Å². The molecular weight excluding hydrogens is 320 g/mol. The molecule has 0 N–H and O–H groups in total. The predicted molar refractivity (Wildman–Crippen MR) is 92.2 cm³/mol. The van der Waals surface area contributed by atoms with Gasteiger partial charge in [-0.3, -0.25) is 4.79 Å². The molecule has 3 aromatic rings. The molecule has 0 spiro atoms. The molecule has 2 heterocycles. The molecule has 0 atom stereocenters. The van der Waals surface area contributed by atoms with E-state index in [0.29, 0.717) is 23.7 Å². The summed E-state index contributed by atoms with van der Waals surface area (Å²) in [5.74, 6) is 0.873. The highest BCUT2D eigenvalue weighted by atomic mass is 16.5. The third-order valence-electron chi connectivity index (χ3n) is 3.47. The first kappa shape index (κ1) is 16.5. The third kappa shape index (κ3) is 3.95. The highest BCUT2D eigenvalue weighted by Gasteiger charge is 2.09. The van der Waals surface area contributed by atoms with Crippen molar-refractivity contribution in [2.45, 2.75) is 6.92 Å². The van der Waals surface area contributed by atoms with Gasteiger partial charge < -0.3 is 13.6 Å². The van der Waals surface area contributed by atoms with Crippen molar-refractivity contribution < 1.29 is 23.2 Å². The van der Waals surface area contributed by atoms with Crippen LogP contribution in [-0.4, -0.2) is 18.4 Å². The van der Waals surface area contributed by atoms with Gasteiger partial charge in [0, 0.05) is 5.56 Å². The van der Waals surface area contributed by atoms with Crippen LogP contribution in [0.1, 0.15) is 33.6 Å². The van der Waals surface area contributed by atoms with Gasteiger partial charge in [0.1, 0.15) is 11.5 Å². The molecule has 0 aliphatic heterocycles. The van der Waals surface area contributed by atoms with Gasteiger partial charge in [-0.2, -0.15) is 0 Å². The van der Waals surface area contributed by atoms with Crippen molar-refractivity contribution in [1.82, 2.24) is 0 Å². The minimum Gasteiger partial charge on any atom is -0.462 e. The quantitative estimate of drug-likeness (QED) is 0.373. The lowest BCUT2D eigenvalue weighted by molar-refractivity contribution is 0.0526. The lowest BCUT2D eigenvalue weighted by Crippen LogP contribution is -2.03. The Morgan fingerprint density at radius 1 is 1.08 bits per heavy atom. The minimum atomic E-state index is -0.353. The zero-order valence-corrected chi connectivity index (χ0v) is 13.6. The van der Waals surface area contributed by atoms with E-state index >= 15 is 0 Å². The summed E-state index contributed by atoms with van der Waals surface area (Å²) in [6.45, 7) is 2.10. The normalized spacial score (nSPS) is 10.9. The van der Waals surface area contributed by atoms with Crippen LogP contribution >= 0.6 is 0 Å². The first-order valence-electron chi connectivity index (χ1n) is 7.80. The zero-order chi connectivity index (χ0) is 17.6. The van der Waals surface area contributed by atoms with Gasteiger partial charge in [0.2, 0.25) is 5.78 Å². The lowest BCUT2D eigenvalue weighted by atomic mass is 10.1. The molecule has 5 heteroatoms. The predicted octanol–water partition coefficient (Wildman–Crippen LogP) is 4.61. The molecule has 0 saturated heterocycles. The molecule has 126 valence electrons. The van der Waals surface area contributed by atoms with Crippen molar-refractivity contribution in [3.63, 3.8) is 0 Å². The van der Waals surface area contributed by atoms with Crippen LogP contribution < -0.4 is 0 Å². The number of hydrogen-bond donors (Lipinski definition) is 0. The molecule has 0 aliphatic carbocycles. The van der Waals surface area contributed by atoms with E-state index < -0.39 is 0 Å². The van der Waals surface area contributed by atoms with Gasteiger partial charge in [-0.05, 0) is 55.5 Å². The average Bonchev–Trinajstić information content (AvgIpc) is 3.32. The van der Waals surface area contributed by atoms with Crippen LogP contribution in [0.2, 0.25) is 0 Å². The fourth-order valence-corrected chi connectivity index (χ4v) is 2.24. The Morgan fingerprint density at radius 3 is 2.56 bits per heavy atom. The van der Waals surface area contributed by atoms with E-state index in [1.807, 2.05) is 0 Å². The largest absolute Gasteiger partial charge is 0.462 e. The molecule has 1 aromatic carbocycles. The van der Waals surface area contributed by atoms with Gasteiger partial charge in [-0.25, -0.2) is 4.79 Å². The molecule has 5 nitrogen and oxygen atoms in total. The Morgan fingerprint density at radius 2 is 1.88 bits per heavy atom. The van der Waals surface area contributed by atoms with Gasteiger partial charge in [-0.15, -0.1) is 0 Å². The monoisotopic (exact) mass is 336 g/mol. The summed E-state index contributed by atoms with van der Waals surface area (Å²) in [6.07, 6.45) is 4.43. The lowest BCUT2D eigenvalue weighted by Gasteiger charge is -2.02. The van der Waals surface area contributed by atoms with E-state index in [2.05, 4.69) is 0 Å². The van der Waals surface area contributed by atoms with Crippen LogP contribution in [0, 0.1) is 0 Å². The third-order valence-corrected chi connectivity index (χ3v) is 3.47. The summed E-state index contributed by atoms with van der Waals surface area (Å²) in [7, 11) is 0. The summed E-state index contributed by atoms with van der Waals surface area (Å²) in [4.78, 5) is 23.5. The van der Waals surface area contributed by atoms with Gasteiger partial charge in [0.25, 0.3) is 0 Å². The fraction of sp³-hybridized carbons (Fsp3) is 0.100. The maximum absolute atomic E-state index is 11.8. The number of ketones is 1. The van der Waals surface area contributed by atoms with E-state index in [1.54, 1.807) is 61.5 Å². The number of hydrogen-bond acceptors (Lipinski definition) is 5. The molecule has 3 rings (SSSR count). The van der Waals surface area contributed by atoms with Crippen LogP contribution in [0.15, 0.2) is 69.7 Å². The van der Waals surface area contributed by atoms with Gasteiger partial charge in [0.15, 0.2) is 5.76 Å². The second-order valence-corrected chi connectivity index (χ2v) is 5.17. The summed E-state index contributed by atoms with van der Waals surface area (Å²) < 4.78 is 15.7. The van der Waals surface area contributed by atoms with Gasteiger partial charge in [-0.1, -0.05) is 12.1 Å². The van der Waals surface area contributed by atoms with Crippen LogP contribution in [-0.2, 0) is 4.74 Å². The Kier molecular flexibility index (Phi) is 4.95. The second kappa shape index (κ2) is 7.49. The maximum Gasteiger partial charge on any atom is 0.338 e. The van der Waals surface area contributed by atoms with Crippen molar-refractivity contribution in [3.8, 4) is 11.3 Å². The second-order valence-electron chi connectivity index (χ2n) is 5.17. The van der Waals surface area contributed by atoms with E-state index in [-0.39, 0.29) is 17.5 Å². The molecule has 0 radical (unpaired) electrons. The number of carbonyl (C=O) groups is 2. The highest BCUT2D eigenvalue weighted by molar-refractivity contribution is 6.04. The number of rotatable bonds is 6. The Balaban J connectivity index is 1.71. The van der Waals surface area contributed by atoms with Crippen molar-refractivity contribution in [1.29, 1.82) is 0 Å². The smallest absolute Gasteiger partial charge is 0.338 e. The number of allylic oxidation sites excluding steroid dienone is 1. The van der Waals surface area contributed by atoms with E-state index in [9.17, 15) is 9.59 Å². The number of furan rings is 2. The maximum atomic E-state index is 11.8. The van der Waals surface area contributed by atoms with Gasteiger partial charge >= 0.3 is 5.97 Å². The van der Waals surface area contributed by atoms with Gasteiger partial charge in [0.05, 0.1) is 18.4 Å². The van der Waals surface area contributed by atoms with Crippen molar-refractivity contribution >= 4 is 17.8 Å². The number of esters is 1. The van der Waals surface area contributed by atoms with Crippen molar-refractivity contribution in [2.24, 2.45) is 0 Å². The molecular formula is C20H16O5. The van der Waals surface area contributed by atoms with E-state index in [0.717, 1.165) is 5.56 Å². The number of carbonyl (C=O) groups excluding carboxylic acids is 2. The highest BCUT2D eigenvalue weighted by Crippen LogP contribution is 2.23. The van der Waals surface area contributed by atoms with Crippen LogP contribution in [0.5, 0.6) is 0 Å². The van der Waals surface area contributed by atoms with Crippen LogP contribution in [0.4, 0.5) is 0 Å². The number of ether oxygens (including phenoxy) is 1. The molecule has 0 saturated carbocycles. The summed E-state index contributed by atoms with van der Waals surface area (Å²) in [5.41, 5.74) is 1.31. The topological polar surface area (TPSA) is 69.7 Å². The zero-order valence-electron chi connectivity index (χ0n) is 13.6. The summed E-state index contributed by atoms with van der Waals surface area (Å²) in [5, 5.41) is 0. The molecule has 0 bridgehead atoms. The van der Waals surface area contributed by atoms with E-state index in [1.165, 1.54) is 12.3 Å². The average molecular weight is 336 g/mol. The molecule has 2 aromatic heterocycles. The Labute approximate surface area is 144 Å². The molecule has 25 heavy (non-hydrogen) atoms. The molecule has 0 aliphatic rings. The Bertz CT molecular complexity index is 883. The van der Waals surface area contributed by atoms with E-state index in [4.69, 9.17) is 13.6 Å². The number of benzene rings is 1. The summed E-state index contributed by atoms with van der Waals surface area (Å²) >= 11 is 0. The van der Waals surface area contributed by atoms with Crippen LogP contribution in [0.25, 0.3) is 17.4 Å². The Hall–Kier alpha value is -3.34. The summed E-state index contributed by atoms with van der Waals surface area (Å²) in [6, 6.07) is 13.8. The standard InChI is InChI=1S/C20H16O5/c1-2-23-20(22)15-7-5-14(6-8-15)18-12-10-16(25-18)9-11-17(21)19-4-3-13-24-19/h3-13H,2H2,1H3. The fourth-order valence-electron chi connectivity index (χ4n) is 2.24. The van der Waals surface area contributed by atoms with Crippen LogP contribution in [0.3, 0.4) is 0 Å². The first-order chi connectivity index (χ1) is 12.2.